The quantitative estimate of drug-likeness (QED) is 0.665. The molecule has 2 aromatic carbocycles. The van der Waals surface area contributed by atoms with E-state index in [0.717, 1.165) is 22.4 Å². The summed E-state index contributed by atoms with van der Waals surface area (Å²) in [6.07, 6.45) is 0. The highest BCUT2D eigenvalue weighted by molar-refractivity contribution is 5.93. The summed E-state index contributed by atoms with van der Waals surface area (Å²) in [4.78, 5) is 24.1. The summed E-state index contributed by atoms with van der Waals surface area (Å²) in [5.41, 5.74) is 3.85. The fourth-order valence-corrected chi connectivity index (χ4v) is 2.87. The Morgan fingerprint density at radius 1 is 0.929 bits per heavy atom. The molecule has 2 rings (SSSR count). The van der Waals surface area contributed by atoms with Gasteiger partial charge in [-0.25, -0.2) is 4.79 Å². The molecular formula is C23H29NO4. The molecule has 150 valence electrons. The maximum absolute atomic E-state index is 12.1. The Labute approximate surface area is 167 Å². The minimum Gasteiger partial charge on any atom is -0.482 e. The monoisotopic (exact) mass is 383 g/mol. The summed E-state index contributed by atoms with van der Waals surface area (Å²) in [5, 5.41) is 2.80. The van der Waals surface area contributed by atoms with Gasteiger partial charge in [0.05, 0.1) is 0 Å². The van der Waals surface area contributed by atoms with Gasteiger partial charge in [0.15, 0.2) is 13.2 Å². The third kappa shape index (κ3) is 6.12. The number of anilines is 1. The van der Waals surface area contributed by atoms with E-state index in [1.54, 1.807) is 0 Å². The number of carbonyl (C=O) groups is 2. The highest BCUT2D eigenvalue weighted by Crippen LogP contribution is 2.27. The minimum atomic E-state index is -0.580. The molecule has 0 spiro atoms. The van der Waals surface area contributed by atoms with Gasteiger partial charge in [-0.1, -0.05) is 58.0 Å². The normalized spacial score (nSPS) is 10.8. The van der Waals surface area contributed by atoms with Gasteiger partial charge in [0.25, 0.3) is 5.91 Å². The molecule has 0 radical (unpaired) electrons. The molecule has 0 aliphatic rings. The zero-order valence-corrected chi connectivity index (χ0v) is 17.2. The number of amides is 1. The van der Waals surface area contributed by atoms with Crippen LogP contribution in [0.25, 0.3) is 0 Å². The van der Waals surface area contributed by atoms with Crippen molar-refractivity contribution in [2.75, 3.05) is 18.5 Å². The zero-order chi connectivity index (χ0) is 20.7. The number of ether oxygens (including phenoxy) is 2. The molecule has 0 aromatic heterocycles. The molecule has 28 heavy (non-hydrogen) atoms. The van der Waals surface area contributed by atoms with Crippen LogP contribution in [0.5, 0.6) is 5.75 Å². The third-order valence-electron chi connectivity index (χ3n) is 4.36. The maximum atomic E-state index is 12.1. The lowest BCUT2D eigenvalue weighted by Gasteiger charge is -2.15. The topological polar surface area (TPSA) is 64.6 Å². The Bertz CT molecular complexity index is 827. The first kappa shape index (κ1) is 21.5. The second kappa shape index (κ2) is 9.93. The SMILES string of the molecule is Cc1ccc(C(C)C)c(OCC(=O)OCC(=O)Nc2ccccc2C(C)C)c1. The maximum Gasteiger partial charge on any atom is 0.344 e. The summed E-state index contributed by atoms with van der Waals surface area (Å²) < 4.78 is 10.7. The summed E-state index contributed by atoms with van der Waals surface area (Å²) in [6.45, 7) is 9.62. The number of esters is 1. The van der Waals surface area contributed by atoms with Gasteiger partial charge in [0, 0.05) is 5.69 Å². The number of carbonyl (C=O) groups excluding carboxylic acids is 2. The molecule has 1 amide bonds. The first-order chi connectivity index (χ1) is 13.3. The van der Waals surface area contributed by atoms with Crippen LogP contribution in [0, 0.1) is 6.92 Å². The lowest BCUT2D eigenvalue weighted by atomic mass is 10.0. The highest BCUT2D eigenvalue weighted by atomic mass is 16.6. The predicted octanol–water partition coefficient (Wildman–Crippen LogP) is 4.80. The van der Waals surface area contributed by atoms with Crippen molar-refractivity contribution < 1.29 is 19.1 Å². The molecule has 0 bridgehead atoms. The smallest absolute Gasteiger partial charge is 0.344 e. The van der Waals surface area contributed by atoms with E-state index in [2.05, 4.69) is 33.0 Å². The van der Waals surface area contributed by atoms with Gasteiger partial charge in [-0.05, 0) is 47.6 Å². The number of rotatable bonds is 8. The third-order valence-corrected chi connectivity index (χ3v) is 4.36. The standard InChI is InChI=1S/C23H29NO4/c1-15(2)18-8-6-7-9-20(18)24-22(25)13-28-23(26)14-27-21-12-17(5)10-11-19(21)16(3)4/h6-12,15-16H,13-14H2,1-5H3,(H,24,25). The zero-order valence-electron chi connectivity index (χ0n) is 17.2. The van der Waals surface area contributed by atoms with Crippen molar-refractivity contribution in [2.45, 2.75) is 46.5 Å². The number of hydrogen-bond donors (Lipinski definition) is 1. The average molecular weight is 383 g/mol. The van der Waals surface area contributed by atoms with E-state index < -0.39 is 5.97 Å². The average Bonchev–Trinajstić information content (AvgIpc) is 2.64. The number of hydrogen-bond acceptors (Lipinski definition) is 4. The van der Waals surface area contributed by atoms with Crippen LogP contribution in [0.15, 0.2) is 42.5 Å². The number of benzene rings is 2. The van der Waals surface area contributed by atoms with Gasteiger partial charge in [0.2, 0.25) is 0 Å². The highest BCUT2D eigenvalue weighted by Gasteiger charge is 2.14. The molecule has 2 aromatic rings. The lowest BCUT2D eigenvalue weighted by Crippen LogP contribution is -2.24. The second-order valence-electron chi connectivity index (χ2n) is 7.44. The Hall–Kier alpha value is -2.82. The van der Waals surface area contributed by atoms with Gasteiger partial charge in [-0.15, -0.1) is 0 Å². The second-order valence-corrected chi connectivity index (χ2v) is 7.44. The van der Waals surface area contributed by atoms with Crippen LogP contribution in [0.4, 0.5) is 5.69 Å². The fourth-order valence-electron chi connectivity index (χ4n) is 2.87. The van der Waals surface area contributed by atoms with Gasteiger partial charge in [0.1, 0.15) is 5.75 Å². The van der Waals surface area contributed by atoms with Gasteiger partial charge < -0.3 is 14.8 Å². The van der Waals surface area contributed by atoms with Crippen molar-refractivity contribution in [3.05, 3.63) is 59.2 Å². The number of aryl methyl sites for hydroxylation is 1. The first-order valence-corrected chi connectivity index (χ1v) is 9.55. The Morgan fingerprint density at radius 2 is 1.61 bits per heavy atom. The minimum absolute atomic E-state index is 0.237. The molecule has 0 aliphatic carbocycles. The van der Waals surface area contributed by atoms with Gasteiger partial charge in [-0.2, -0.15) is 0 Å². The number of nitrogens with one attached hydrogen (secondary N) is 1. The molecule has 5 nitrogen and oxygen atoms in total. The van der Waals surface area contributed by atoms with Crippen molar-refractivity contribution in [3.8, 4) is 5.75 Å². The molecule has 0 saturated carbocycles. The van der Waals surface area contributed by atoms with E-state index in [0.29, 0.717) is 5.75 Å². The van der Waals surface area contributed by atoms with Gasteiger partial charge in [-0.3, -0.25) is 4.79 Å². The van der Waals surface area contributed by atoms with E-state index in [4.69, 9.17) is 9.47 Å². The predicted molar refractivity (Wildman–Crippen MR) is 111 cm³/mol. The van der Waals surface area contributed by atoms with Crippen molar-refractivity contribution >= 4 is 17.6 Å². The summed E-state index contributed by atoms with van der Waals surface area (Å²) in [6, 6.07) is 13.5. The fraction of sp³-hybridized carbons (Fsp3) is 0.391. The molecular weight excluding hydrogens is 354 g/mol. The lowest BCUT2D eigenvalue weighted by molar-refractivity contribution is -0.149. The van der Waals surface area contributed by atoms with Crippen molar-refractivity contribution in [1.29, 1.82) is 0 Å². The van der Waals surface area contributed by atoms with Crippen LogP contribution in [0.1, 0.15) is 56.2 Å². The van der Waals surface area contributed by atoms with E-state index in [1.165, 1.54) is 0 Å². The Kier molecular flexibility index (Phi) is 7.61. The Balaban J connectivity index is 1.86. The van der Waals surface area contributed by atoms with E-state index >= 15 is 0 Å². The largest absolute Gasteiger partial charge is 0.482 e. The Morgan fingerprint density at radius 3 is 2.29 bits per heavy atom. The summed E-state index contributed by atoms with van der Waals surface area (Å²) in [5.74, 6) is 0.265. The molecule has 0 aliphatic heterocycles. The van der Waals surface area contributed by atoms with Gasteiger partial charge >= 0.3 is 5.97 Å². The van der Waals surface area contributed by atoms with Crippen LogP contribution in [0.2, 0.25) is 0 Å². The van der Waals surface area contributed by atoms with Crippen LogP contribution in [-0.2, 0) is 14.3 Å². The molecule has 0 heterocycles. The van der Waals surface area contributed by atoms with Crippen molar-refractivity contribution in [2.24, 2.45) is 0 Å². The summed E-state index contributed by atoms with van der Waals surface area (Å²) >= 11 is 0. The van der Waals surface area contributed by atoms with E-state index in [-0.39, 0.29) is 31.0 Å². The van der Waals surface area contributed by atoms with Crippen LogP contribution < -0.4 is 10.1 Å². The first-order valence-electron chi connectivity index (χ1n) is 9.55. The van der Waals surface area contributed by atoms with Crippen molar-refractivity contribution in [3.63, 3.8) is 0 Å². The molecule has 0 saturated heterocycles. The molecule has 1 N–H and O–H groups in total. The van der Waals surface area contributed by atoms with Crippen LogP contribution in [0.3, 0.4) is 0 Å². The van der Waals surface area contributed by atoms with E-state index in [9.17, 15) is 9.59 Å². The van der Waals surface area contributed by atoms with Crippen molar-refractivity contribution in [1.82, 2.24) is 0 Å². The molecule has 5 heteroatoms. The van der Waals surface area contributed by atoms with E-state index in [1.807, 2.05) is 49.4 Å². The molecule has 0 fully saturated rings. The molecule has 0 atom stereocenters. The number of para-hydroxylation sites is 1. The van der Waals surface area contributed by atoms with Crippen LogP contribution >= 0.6 is 0 Å². The molecule has 0 unspecified atom stereocenters. The summed E-state index contributed by atoms with van der Waals surface area (Å²) in [7, 11) is 0. The van der Waals surface area contributed by atoms with Crippen LogP contribution in [-0.4, -0.2) is 25.1 Å².